The summed E-state index contributed by atoms with van der Waals surface area (Å²) in [5.74, 6) is 0.575. The third-order valence-electron chi connectivity index (χ3n) is 3.71. The normalized spacial score (nSPS) is 9.81. The second-order valence-corrected chi connectivity index (χ2v) is 6.26. The predicted molar refractivity (Wildman–Crippen MR) is 116 cm³/mol. The van der Waals surface area contributed by atoms with Crippen molar-refractivity contribution in [1.29, 1.82) is 0 Å². The maximum absolute atomic E-state index is 12.9. The molecular weight excluding hydrogens is 401 g/mol. The summed E-state index contributed by atoms with van der Waals surface area (Å²) in [6.07, 6.45) is 0. The van der Waals surface area contributed by atoms with Crippen LogP contribution in [0.4, 0.5) is 10.2 Å². The molecule has 0 saturated heterocycles. The number of nitrogens with one attached hydrogen (secondary N) is 2. The maximum Gasteiger partial charge on any atom is 0.244 e. The number of benzene rings is 2. The van der Waals surface area contributed by atoms with Gasteiger partial charge in [0.1, 0.15) is 23.1 Å². The minimum Gasteiger partial charge on any atom is -0.457 e. The summed E-state index contributed by atoms with van der Waals surface area (Å²) in [6, 6.07) is 18.3. The first-order chi connectivity index (χ1) is 14.9. The summed E-state index contributed by atoms with van der Waals surface area (Å²) in [5.41, 5.74) is 1.51. The van der Waals surface area contributed by atoms with E-state index >= 15 is 0 Å². The standard InChI is InChI=1S/C21H18FN3O3.C2H6O/c1-14(26)23-13-21(27)25-20-4-2-3-19(24-20)15-5-9-17(10-6-15)28-18-11-7-16(22)8-12-18;1-2-3/h2-12H,13H2,1H3,(H,23,26)(H,24,25,27);3H,2H2,1H3. The van der Waals surface area contributed by atoms with Gasteiger partial charge in [-0.15, -0.1) is 0 Å². The fourth-order valence-electron chi connectivity index (χ4n) is 2.39. The van der Waals surface area contributed by atoms with Gasteiger partial charge in [-0.3, -0.25) is 9.59 Å². The Morgan fingerprint density at radius 2 is 1.58 bits per heavy atom. The molecule has 0 bridgehead atoms. The third-order valence-corrected chi connectivity index (χ3v) is 3.71. The van der Waals surface area contributed by atoms with Gasteiger partial charge in [0.05, 0.1) is 12.2 Å². The average Bonchev–Trinajstić information content (AvgIpc) is 2.75. The van der Waals surface area contributed by atoms with Gasteiger partial charge in [-0.2, -0.15) is 0 Å². The molecule has 2 amide bonds. The summed E-state index contributed by atoms with van der Waals surface area (Å²) in [4.78, 5) is 27.1. The van der Waals surface area contributed by atoms with Crippen LogP contribution in [0.5, 0.6) is 11.5 Å². The molecule has 3 N–H and O–H groups in total. The number of aliphatic hydroxyl groups excluding tert-OH is 1. The van der Waals surface area contributed by atoms with Crippen LogP contribution >= 0.6 is 0 Å². The molecule has 0 aliphatic carbocycles. The number of hydrogen-bond donors (Lipinski definition) is 3. The summed E-state index contributed by atoms with van der Waals surface area (Å²) < 4.78 is 18.6. The molecule has 2 aromatic carbocycles. The lowest BCUT2D eigenvalue weighted by Gasteiger charge is -2.09. The van der Waals surface area contributed by atoms with Gasteiger partial charge in [0, 0.05) is 19.1 Å². The van der Waals surface area contributed by atoms with Crippen LogP contribution in [0.2, 0.25) is 0 Å². The Balaban J connectivity index is 0.00000107. The fourth-order valence-corrected chi connectivity index (χ4v) is 2.39. The van der Waals surface area contributed by atoms with Gasteiger partial charge in [-0.05, 0) is 67.6 Å². The molecule has 0 atom stereocenters. The predicted octanol–water partition coefficient (Wildman–Crippen LogP) is 3.75. The Hall–Kier alpha value is -3.78. The molecule has 3 rings (SSSR count). The van der Waals surface area contributed by atoms with Crippen molar-refractivity contribution in [2.45, 2.75) is 13.8 Å². The van der Waals surface area contributed by atoms with Crippen molar-refractivity contribution in [3.05, 3.63) is 72.5 Å². The molecule has 162 valence electrons. The zero-order valence-corrected chi connectivity index (χ0v) is 17.3. The van der Waals surface area contributed by atoms with Crippen molar-refractivity contribution < 1.29 is 23.8 Å². The molecule has 0 fully saturated rings. The van der Waals surface area contributed by atoms with Crippen LogP contribution in [-0.2, 0) is 9.59 Å². The Bertz CT molecular complexity index is 992. The van der Waals surface area contributed by atoms with Crippen LogP contribution in [0.3, 0.4) is 0 Å². The first-order valence-corrected chi connectivity index (χ1v) is 9.57. The van der Waals surface area contributed by atoms with Crippen molar-refractivity contribution in [3.8, 4) is 22.8 Å². The third kappa shape index (κ3) is 8.23. The van der Waals surface area contributed by atoms with Gasteiger partial charge in [0.15, 0.2) is 0 Å². The van der Waals surface area contributed by atoms with Crippen molar-refractivity contribution in [3.63, 3.8) is 0 Å². The van der Waals surface area contributed by atoms with E-state index in [1.807, 2.05) is 18.2 Å². The number of pyridine rings is 1. The molecule has 0 unspecified atom stereocenters. The average molecular weight is 425 g/mol. The number of rotatable bonds is 6. The number of halogens is 1. The smallest absolute Gasteiger partial charge is 0.244 e. The maximum atomic E-state index is 12.9. The Labute approximate surface area is 179 Å². The first-order valence-electron chi connectivity index (χ1n) is 9.57. The van der Waals surface area contributed by atoms with Gasteiger partial charge >= 0.3 is 0 Å². The molecule has 1 heterocycles. The molecule has 8 heteroatoms. The van der Waals surface area contributed by atoms with E-state index in [4.69, 9.17) is 9.84 Å². The minimum absolute atomic E-state index is 0.114. The highest BCUT2D eigenvalue weighted by Gasteiger charge is 2.06. The molecular formula is C23H24FN3O4. The van der Waals surface area contributed by atoms with E-state index in [0.29, 0.717) is 23.0 Å². The number of amides is 2. The highest BCUT2D eigenvalue weighted by Crippen LogP contribution is 2.25. The summed E-state index contributed by atoms with van der Waals surface area (Å²) in [6.45, 7) is 3.16. The zero-order chi connectivity index (χ0) is 22.6. The number of carbonyl (C=O) groups is 2. The minimum atomic E-state index is -0.358. The molecule has 1 aromatic heterocycles. The van der Waals surface area contributed by atoms with Crippen molar-refractivity contribution in [2.75, 3.05) is 18.5 Å². The highest BCUT2D eigenvalue weighted by atomic mass is 19.1. The van der Waals surface area contributed by atoms with Crippen molar-refractivity contribution >= 4 is 17.6 Å². The number of aliphatic hydroxyl groups is 1. The molecule has 0 saturated carbocycles. The van der Waals surface area contributed by atoms with E-state index < -0.39 is 0 Å². The number of hydrogen-bond acceptors (Lipinski definition) is 5. The van der Waals surface area contributed by atoms with E-state index in [9.17, 15) is 14.0 Å². The molecule has 7 nitrogen and oxygen atoms in total. The highest BCUT2D eigenvalue weighted by molar-refractivity contribution is 5.93. The molecule has 3 aromatic rings. The van der Waals surface area contributed by atoms with Crippen LogP contribution in [0.15, 0.2) is 66.7 Å². The molecule has 0 aliphatic heterocycles. The molecule has 0 aliphatic rings. The number of nitrogens with zero attached hydrogens (tertiary/aromatic N) is 1. The first kappa shape index (κ1) is 23.5. The van der Waals surface area contributed by atoms with Gasteiger partial charge in [0.25, 0.3) is 0 Å². The zero-order valence-electron chi connectivity index (χ0n) is 17.3. The lowest BCUT2D eigenvalue weighted by atomic mass is 10.1. The second kappa shape index (κ2) is 12.0. The topological polar surface area (TPSA) is 101 Å². The van der Waals surface area contributed by atoms with Crippen LogP contribution in [-0.4, -0.2) is 35.1 Å². The van der Waals surface area contributed by atoms with Gasteiger partial charge in [-0.25, -0.2) is 9.37 Å². The quantitative estimate of drug-likeness (QED) is 0.558. The van der Waals surface area contributed by atoms with E-state index in [0.717, 1.165) is 5.56 Å². The lowest BCUT2D eigenvalue weighted by molar-refractivity contribution is -0.122. The Morgan fingerprint density at radius 3 is 2.16 bits per heavy atom. The molecule has 0 spiro atoms. The van der Waals surface area contributed by atoms with Crippen LogP contribution < -0.4 is 15.4 Å². The van der Waals surface area contributed by atoms with E-state index in [2.05, 4.69) is 15.6 Å². The van der Waals surface area contributed by atoms with Crippen LogP contribution in [0, 0.1) is 5.82 Å². The summed E-state index contributed by atoms with van der Waals surface area (Å²) >= 11 is 0. The molecule has 0 radical (unpaired) electrons. The van der Waals surface area contributed by atoms with Crippen molar-refractivity contribution in [2.24, 2.45) is 0 Å². The number of anilines is 1. The largest absolute Gasteiger partial charge is 0.457 e. The summed E-state index contributed by atoms with van der Waals surface area (Å²) in [5, 5.41) is 12.6. The number of carbonyl (C=O) groups excluding carboxylic acids is 2. The lowest BCUT2D eigenvalue weighted by Crippen LogP contribution is -2.31. The van der Waals surface area contributed by atoms with Crippen molar-refractivity contribution in [1.82, 2.24) is 10.3 Å². The van der Waals surface area contributed by atoms with Gasteiger partial charge in [-0.1, -0.05) is 6.07 Å². The number of ether oxygens (including phenoxy) is 1. The molecule has 31 heavy (non-hydrogen) atoms. The second-order valence-electron chi connectivity index (χ2n) is 6.26. The van der Waals surface area contributed by atoms with Gasteiger partial charge in [0.2, 0.25) is 11.8 Å². The number of aromatic nitrogens is 1. The van der Waals surface area contributed by atoms with E-state index in [-0.39, 0.29) is 30.8 Å². The monoisotopic (exact) mass is 425 g/mol. The Kier molecular flexibility index (Phi) is 9.13. The van der Waals surface area contributed by atoms with E-state index in [1.54, 1.807) is 43.3 Å². The van der Waals surface area contributed by atoms with Crippen LogP contribution in [0.1, 0.15) is 13.8 Å². The summed E-state index contributed by atoms with van der Waals surface area (Å²) in [7, 11) is 0. The van der Waals surface area contributed by atoms with E-state index in [1.165, 1.54) is 19.1 Å². The van der Waals surface area contributed by atoms with Crippen LogP contribution in [0.25, 0.3) is 11.3 Å². The Morgan fingerprint density at radius 1 is 1.00 bits per heavy atom. The SMILES string of the molecule is CC(=O)NCC(=O)Nc1cccc(-c2ccc(Oc3ccc(F)cc3)cc2)n1.CCO. The van der Waals surface area contributed by atoms with Gasteiger partial charge < -0.3 is 20.5 Å². The fraction of sp³-hybridized carbons (Fsp3) is 0.174.